The summed E-state index contributed by atoms with van der Waals surface area (Å²) in [4.78, 5) is 12.1. The molecular formula is C8H14N2O3. The Hall–Kier alpha value is -0.810. The first-order chi connectivity index (χ1) is 6.22. The van der Waals surface area contributed by atoms with Crippen molar-refractivity contribution >= 4 is 6.09 Å². The second kappa shape index (κ2) is 3.16. The van der Waals surface area contributed by atoms with Crippen molar-refractivity contribution in [3.63, 3.8) is 0 Å². The van der Waals surface area contributed by atoms with E-state index in [1.165, 1.54) is 4.90 Å². The summed E-state index contributed by atoms with van der Waals surface area (Å²) in [6.45, 7) is 2.65. The van der Waals surface area contributed by atoms with E-state index in [4.69, 9.17) is 9.84 Å². The van der Waals surface area contributed by atoms with Crippen molar-refractivity contribution in [3.05, 3.63) is 0 Å². The van der Waals surface area contributed by atoms with Crippen LogP contribution in [0.2, 0.25) is 0 Å². The first-order valence-corrected chi connectivity index (χ1v) is 4.54. The molecule has 1 spiro atoms. The van der Waals surface area contributed by atoms with Crippen LogP contribution in [0.3, 0.4) is 0 Å². The molecule has 2 aliphatic heterocycles. The Balaban J connectivity index is 1.91. The Morgan fingerprint density at radius 3 is 2.62 bits per heavy atom. The molecule has 0 aromatic carbocycles. The fourth-order valence-corrected chi connectivity index (χ4v) is 1.96. The van der Waals surface area contributed by atoms with Crippen molar-refractivity contribution in [1.29, 1.82) is 0 Å². The molecule has 0 aromatic heterocycles. The molecule has 0 aliphatic carbocycles. The minimum atomic E-state index is -0.819. The van der Waals surface area contributed by atoms with E-state index in [0.717, 1.165) is 19.4 Å². The number of nitrogens with zero attached hydrogens (tertiary/aromatic N) is 1. The number of nitrogens with one attached hydrogen (secondary N) is 1. The van der Waals surface area contributed by atoms with Crippen molar-refractivity contribution in [2.45, 2.75) is 18.4 Å². The van der Waals surface area contributed by atoms with Gasteiger partial charge in [0.25, 0.3) is 0 Å². The normalized spacial score (nSPS) is 26.6. The van der Waals surface area contributed by atoms with Crippen LogP contribution in [0.4, 0.5) is 4.79 Å². The largest absolute Gasteiger partial charge is 0.465 e. The Labute approximate surface area is 76.7 Å². The summed E-state index contributed by atoms with van der Waals surface area (Å²) >= 11 is 0. The number of piperidine rings is 1. The molecule has 0 aromatic rings. The molecule has 5 heteroatoms. The van der Waals surface area contributed by atoms with Gasteiger partial charge in [-0.15, -0.1) is 0 Å². The van der Waals surface area contributed by atoms with Gasteiger partial charge in [-0.2, -0.15) is 0 Å². The van der Waals surface area contributed by atoms with Crippen LogP contribution in [0.1, 0.15) is 12.8 Å². The Bertz CT molecular complexity index is 203. The summed E-state index contributed by atoms with van der Waals surface area (Å²) in [5.41, 5.74) is -0.0774. The lowest BCUT2D eigenvalue weighted by Gasteiger charge is -2.36. The van der Waals surface area contributed by atoms with Gasteiger partial charge in [0.15, 0.2) is 0 Å². The molecule has 0 unspecified atom stereocenters. The van der Waals surface area contributed by atoms with Crippen molar-refractivity contribution in [3.8, 4) is 0 Å². The standard InChI is InChI=1S/C8H14N2O3/c11-7(12)10-3-1-8(2-4-10)5-9-6-13-8/h9H,1-6H2,(H,11,12). The van der Waals surface area contributed by atoms with Gasteiger partial charge in [-0.3, -0.25) is 5.32 Å². The van der Waals surface area contributed by atoms with Gasteiger partial charge in [-0.25, -0.2) is 4.79 Å². The third kappa shape index (κ3) is 1.62. The SMILES string of the molecule is O=C(O)N1CCC2(CC1)CNCO2. The van der Waals surface area contributed by atoms with E-state index in [-0.39, 0.29) is 5.60 Å². The van der Waals surface area contributed by atoms with Crippen LogP contribution in [-0.2, 0) is 4.74 Å². The molecule has 0 radical (unpaired) electrons. The van der Waals surface area contributed by atoms with E-state index in [1.807, 2.05) is 0 Å². The summed E-state index contributed by atoms with van der Waals surface area (Å²) in [5.74, 6) is 0. The van der Waals surface area contributed by atoms with Gasteiger partial charge in [-0.05, 0) is 12.8 Å². The minimum Gasteiger partial charge on any atom is -0.465 e. The molecule has 74 valence electrons. The van der Waals surface area contributed by atoms with E-state index in [2.05, 4.69) is 5.32 Å². The Morgan fingerprint density at radius 1 is 1.46 bits per heavy atom. The molecule has 2 heterocycles. The van der Waals surface area contributed by atoms with Crippen LogP contribution < -0.4 is 5.32 Å². The van der Waals surface area contributed by atoms with Crippen molar-refractivity contribution in [1.82, 2.24) is 10.2 Å². The van der Waals surface area contributed by atoms with E-state index in [1.54, 1.807) is 0 Å². The lowest BCUT2D eigenvalue weighted by Crippen LogP contribution is -2.48. The van der Waals surface area contributed by atoms with Crippen LogP contribution in [0.25, 0.3) is 0 Å². The van der Waals surface area contributed by atoms with Gasteiger partial charge in [-0.1, -0.05) is 0 Å². The number of rotatable bonds is 0. The number of likely N-dealkylation sites (tertiary alicyclic amines) is 1. The fraction of sp³-hybridized carbons (Fsp3) is 0.875. The molecule has 0 bridgehead atoms. The maximum atomic E-state index is 10.6. The van der Waals surface area contributed by atoms with Crippen molar-refractivity contribution in [2.24, 2.45) is 0 Å². The summed E-state index contributed by atoms with van der Waals surface area (Å²) in [6.07, 6.45) is 0.805. The molecule has 0 atom stereocenters. The molecule has 2 rings (SSSR count). The summed E-state index contributed by atoms with van der Waals surface area (Å²) < 4.78 is 5.58. The van der Waals surface area contributed by atoms with Crippen molar-refractivity contribution in [2.75, 3.05) is 26.4 Å². The molecule has 2 fully saturated rings. The van der Waals surface area contributed by atoms with Crippen molar-refractivity contribution < 1.29 is 14.6 Å². The van der Waals surface area contributed by atoms with Gasteiger partial charge in [0.1, 0.15) is 0 Å². The summed E-state index contributed by atoms with van der Waals surface area (Å²) in [7, 11) is 0. The molecule has 1 amide bonds. The third-order valence-corrected chi connectivity index (χ3v) is 2.87. The van der Waals surface area contributed by atoms with Gasteiger partial charge in [0.05, 0.1) is 12.3 Å². The highest BCUT2D eigenvalue weighted by molar-refractivity contribution is 5.65. The molecule has 2 N–H and O–H groups in total. The fourth-order valence-electron chi connectivity index (χ4n) is 1.96. The Morgan fingerprint density at radius 2 is 2.15 bits per heavy atom. The van der Waals surface area contributed by atoms with Gasteiger partial charge in [0, 0.05) is 19.6 Å². The maximum Gasteiger partial charge on any atom is 0.407 e. The number of amides is 1. The number of hydrogen-bond donors (Lipinski definition) is 2. The second-order valence-electron chi connectivity index (χ2n) is 3.67. The zero-order valence-corrected chi connectivity index (χ0v) is 7.45. The monoisotopic (exact) mass is 186 g/mol. The highest BCUT2D eigenvalue weighted by Gasteiger charge is 2.39. The van der Waals surface area contributed by atoms with Gasteiger partial charge >= 0.3 is 6.09 Å². The van der Waals surface area contributed by atoms with E-state index >= 15 is 0 Å². The van der Waals surface area contributed by atoms with Crippen LogP contribution in [0, 0.1) is 0 Å². The predicted molar refractivity (Wildman–Crippen MR) is 45.5 cm³/mol. The number of ether oxygens (including phenoxy) is 1. The lowest BCUT2D eigenvalue weighted by atomic mass is 9.92. The molecule has 0 saturated carbocycles. The number of carbonyl (C=O) groups is 1. The zero-order valence-electron chi connectivity index (χ0n) is 7.45. The van der Waals surface area contributed by atoms with Gasteiger partial charge in [0.2, 0.25) is 0 Å². The average Bonchev–Trinajstić information content (AvgIpc) is 2.54. The maximum absolute atomic E-state index is 10.6. The third-order valence-electron chi connectivity index (χ3n) is 2.87. The van der Waals surface area contributed by atoms with Crippen LogP contribution >= 0.6 is 0 Å². The molecule has 13 heavy (non-hydrogen) atoms. The smallest absolute Gasteiger partial charge is 0.407 e. The topological polar surface area (TPSA) is 61.8 Å². The molecule has 5 nitrogen and oxygen atoms in total. The predicted octanol–water partition coefficient (Wildman–Crippen LogP) is 0.0763. The van der Waals surface area contributed by atoms with Crippen LogP contribution in [0.15, 0.2) is 0 Å². The van der Waals surface area contributed by atoms with E-state index in [9.17, 15) is 4.79 Å². The minimum absolute atomic E-state index is 0.0774. The summed E-state index contributed by atoms with van der Waals surface area (Å²) in [6, 6.07) is 0. The van der Waals surface area contributed by atoms with E-state index < -0.39 is 6.09 Å². The lowest BCUT2D eigenvalue weighted by molar-refractivity contribution is -0.0326. The quantitative estimate of drug-likeness (QED) is 0.562. The van der Waals surface area contributed by atoms with Crippen LogP contribution in [0.5, 0.6) is 0 Å². The van der Waals surface area contributed by atoms with E-state index in [0.29, 0.717) is 19.8 Å². The first-order valence-electron chi connectivity index (χ1n) is 4.54. The molecule has 2 saturated heterocycles. The first kappa shape index (κ1) is 8.77. The number of carboxylic acid groups (broad SMARTS) is 1. The Kier molecular flexibility index (Phi) is 2.13. The van der Waals surface area contributed by atoms with Gasteiger partial charge < -0.3 is 14.7 Å². The number of hydrogen-bond acceptors (Lipinski definition) is 3. The van der Waals surface area contributed by atoms with Crippen LogP contribution in [-0.4, -0.2) is 48.1 Å². The highest BCUT2D eigenvalue weighted by Crippen LogP contribution is 2.28. The molecule has 2 aliphatic rings. The molecular weight excluding hydrogens is 172 g/mol. The average molecular weight is 186 g/mol. The zero-order chi connectivity index (χ0) is 9.31. The second-order valence-corrected chi connectivity index (χ2v) is 3.67. The summed E-state index contributed by atoms with van der Waals surface area (Å²) in [5, 5.41) is 11.9. The highest BCUT2D eigenvalue weighted by atomic mass is 16.5.